The van der Waals surface area contributed by atoms with Gasteiger partial charge in [0.15, 0.2) is 5.82 Å². The van der Waals surface area contributed by atoms with Crippen molar-refractivity contribution in [2.24, 2.45) is 0 Å². The maximum absolute atomic E-state index is 12.2. The van der Waals surface area contributed by atoms with Gasteiger partial charge in [0.25, 0.3) is 0 Å². The van der Waals surface area contributed by atoms with E-state index in [2.05, 4.69) is 31.8 Å². The molecule has 2 aliphatic heterocycles. The van der Waals surface area contributed by atoms with Crippen LogP contribution in [0, 0.1) is 0 Å². The van der Waals surface area contributed by atoms with Gasteiger partial charge in [0.1, 0.15) is 0 Å². The highest BCUT2D eigenvalue weighted by atomic mass is 16.2. The van der Waals surface area contributed by atoms with Crippen LogP contribution in [0.25, 0.3) is 0 Å². The second-order valence-electron chi connectivity index (χ2n) is 6.51. The van der Waals surface area contributed by atoms with Gasteiger partial charge in [-0.05, 0) is 12.8 Å². The van der Waals surface area contributed by atoms with E-state index in [4.69, 9.17) is 0 Å². The second-order valence-corrected chi connectivity index (χ2v) is 6.51. The molecule has 3 heterocycles. The Kier molecular flexibility index (Phi) is 5.34. The summed E-state index contributed by atoms with van der Waals surface area (Å²) in [4.78, 5) is 27.3. The Morgan fingerprint density at radius 2 is 2.12 bits per heavy atom. The molecule has 0 saturated carbocycles. The van der Waals surface area contributed by atoms with Crippen LogP contribution in [0.2, 0.25) is 0 Å². The molecule has 3 rings (SSSR count). The van der Waals surface area contributed by atoms with Gasteiger partial charge in [-0.2, -0.15) is 5.10 Å². The van der Waals surface area contributed by atoms with Gasteiger partial charge >= 0.3 is 0 Å². The van der Waals surface area contributed by atoms with Crippen molar-refractivity contribution in [3.8, 4) is 0 Å². The number of piperazine rings is 1. The molecule has 2 fully saturated rings. The van der Waals surface area contributed by atoms with Crippen LogP contribution >= 0.6 is 0 Å². The number of nitrogens with one attached hydrogen (secondary N) is 3. The number of hydrogen-bond donors (Lipinski definition) is 3. The Morgan fingerprint density at radius 1 is 1.33 bits per heavy atom. The van der Waals surface area contributed by atoms with Crippen molar-refractivity contribution in [1.29, 1.82) is 0 Å². The van der Waals surface area contributed by atoms with Crippen LogP contribution in [0.1, 0.15) is 31.4 Å². The maximum Gasteiger partial charge on any atom is 0.241 e. The van der Waals surface area contributed by atoms with Crippen LogP contribution in [0.4, 0.5) is 5.82 Å². The number of nitrogens with zero attached hydrogens (tertiary/aromatic N) is 3. The van der Waals surface area contributed by atoms with Crippen LogP contribution in [0.15, 0.2) is 6.07 Å². The Bertz CT molecular complexity index is 581. The second kappa shape index (κ2) is 7.65. The first-order valence-corrected chi connectivity index (χ1v) is 8.66. The van der Waals surface area contributed by atoms with Crippen molar-refractivity contribution in [1.82, 2.24) is 25.7 Å². The fraction of sp³-hybridized carbons (Fsp3) is 0.688. The van der Waals surface area contributed by atoms with Crippen molar-refractivity contribution in [2.75, 3.05) is 50.7 Å². The first kappa shape index (κ1) is 16.8. The van der Waals surface area contributed by atoms with Crippen molar-refractivity contribution in [2.45, 2.75) is 25.7 Å². The Morgan fingerprint density at radius 3 is 2.88 bits per heavy atom. The van der Waals surface area contributed by atoms with Crippen molar-refractivity contribution >= 4 is 17.6 Å². The quantitative estimate of drug-likeness (QED) is 0.701. The first-order valence-electron chi connectivity index (χ1n) is 8.66. The number of H-pyrrole nitrogens is 1. The van der Waals surface area contributed by atoms with Crippen LogP contribution in [0.5, 0.6) is 0 Å². The number of aromatic nitrogens is 2. The van der Waals surface area contributed by atoms with E-state index in [1.807, 2.05) is 4.90 Å². The molecule has 2 aliphatic rings. The predicted molar refractivity (Wildman–Crippen MR) is 90.9 cm³/mol. The zero-order valence-corrected chi connectivity index (χ0v) is 14.2. The average molecular weight is 334 g/mol. The molecule has 1 aromatic heterocycles. The lowest BCUT2D eigenvalue weighted by Gasteiger charge is -2.32. The summed E-state index contributed by atoms with van der Waals surface area (Å²) in [6.45, 7) is 6.85. The van der Waals surface area contributed by atoms with E-state index in [1.54, 1.807) is 0 Å². The summed E-state index contributed by atoms with van der Waals surface area (Å²) in [5, 5.41) is 13.5. The van der Waals surface area contributed by atoms with E-state index >= 15 is 0 Å². The lowest BCUT2D eigenvalue weighted by atomic mass is 9.94. The van der Waals surface area contributed by atoms with Gasteiger partial charge in [-0.3, -0.25) is 14.7 Å². The fourth-order valence-electron chi connectivity index (χ4n) is 3.36. The topological polar surface area (TPSA) is 93.4 Å². The zero-order valence-electron chi connectivity index (χ0n) is 14.2. The molecule has 0 spiro atoms. The molecule has 1 atom stereocenters. The highest BCUT2D eigenvalue weighted by Gasteiger charge is 2.26. The number of rotatable bonds is 4. The smallest absolute Gasteiger partial charge is 0.241 e. The lowest BCUT2D eigenvalue weighted by Crippen LogP contribution is -2.44. The summed E-state index contributed by atoms with van der Waals surface area (Å²) in [5.74, 6) is 1.08. The number of likely N-dealkylation sites (tertiary alicyclic amines) is 1. The molecule has 3 N–H and O–H groups in total. The van der Waals surface area contributed by atoms with E-state index in [-0.39, 0.29) is 24.3 Å². The minimum atomic E-state index is -0.175. The molecule has 8 nitrogen and oxygen atoms in total. The molecule has 0 aliphatic carbocycles. The summed E-state index contributed by atoms with van der Waals surface area (Å²) in [6.07, 6.45) is 2.02. The molecule has 1 unspecified atom stereocenters. The Balaban J connectivity index is 1.59. The molecule has 0 radical (unpaired) electrons. The number of aromatic amines is 1. The minimum Gasteiger partial charge on any atom is -0.353 e. The molecule has 24 heavy (non-hydrogen) atoms. The first-order chi connectivity index (χ1) is 11.6. The van der Waals surface area contributed by atoms with E-state index in [1.165, 1.54) is 6.92 Å². The Hall–Kier alpha value is -2.09. The highest BCUT2D eigenvalue weighted by molar-refractivity contribution is 5.83. The number of amides is 2. The number of anilines is 1. The molecule has 0 aromatic carbocycles. The number of hydrogen-bond acceptors (Lipinski definition) is 5. The Labute approximate surface area is 142 Å². The van der Waals surface area contributed by atoms with Gasteiger partial charge < -0.3 is 20.4 Å². The largest absolute Gasteiger partial charge is 0.353 e. The highest BCUT2D eigenvalue weighted by Crippen LogP contribution is 2.27. The number of carbonyl (C=O) groups excluding carboxylic acids is 2. The molecular formula is C16H26N6O2. The van der Waals surface area contributed by atoms with Gasteiger partial charge in [0.05, 0.1) is 6.54 Å². The monoisotopic (exact) mass is 334 g/mol. The van der Waals surface area contributed by atoms with Gasteiger partial charge in [-0.25, -0.2) is 0 Å². The molecule has 0 bridgehead atoms. The number of carbonyl (C=O) groups is 2. The van der Waals surface area contributed by atoms with E-state index in [9.17, 15) is 9.59 Å². The predicted octanol–water partition coefficient (Wildman–Crippen LogP) is -0.339. The lowest BCUT2D eigenvalue weighted by molar-refractivity contribution is -0.133. The van der Waals surface area contributed by atoms with Crippen LogP contribution in [0.3, 0.4) is 0 Å². The molecule has 1 aromatic rings. The van der Waals surface area contributed by atoms with E-state index < -0.39 is 0 Å². The molecule has 8 heteroatoms. The summed E-state index contributed by atoms with van der Waals surface area (Å²) in [6, 6.07) is 2.12. The van der Waals surface area contributed by atoms with Gasteiger partial charge in [0.2, 0.25) is 11.8 Å². The van der Waals surface area contributed by atoms with Gasteiger partial charge in [-0.1, -0.05) is 0 Å². The third-order valence-electron chi connectivity index (χ3n) is 4.73. The molecule has 2 saturated heterocycles. The van der Waals surface area contributed by atoms with E-state index in [0.717, 1.165) is 57.1 Å². The van der Waals surface area contributed by atoms with Crippen LogP contribution < -0.4 is 15.5 Å². The van der Waals surface area contributed by atoms with Crippen LogP contribution in [-0.4, -0.2) is 72.7 Å². The molecular weight excluding hydrogens is 308 g/mol. The third-order valence-corrected chi connectivity index (χ3v) is 4.73. The van der Waals surface area contributed by atoms with E-state index in [0.29, 0.717) is 6.54 Å². The van der Waals surface area contributed by atoms with Crippen molar-refractivity contribution in [3.63, 3.8) is 0 Å². The maximum atomic E-state index is 12.2. The summed E-state index contributed by atoms with van der Waals surface area (Å²) >= 11 is 0. The number of piperidine rings is 1. The third kappa shape index (κ3) is 4.05. The molecule has 2 amide bonds. The van der Waals surface area contributed by atoms with Gasteiger partial charge in [-0.15, -0.1) is 0 Å². The summed E-state index contributed by atoms with van der Waals surface area (Å²) < 4.78 is 0. The standard InChI is InChI=1S/C16H26N6O2/c1-12(23)18-10-16(24)22-6-2-3-13(11-22)14-9-15(20-19-14)21-7-4-17-5-8-21/h9,13,17H,2-8,10-11H2,1H3,(H,18,23)(H,19,20). The van der Waals surface area contributed by atoms with Crippen molar-refractivity contribution < 1.29 is 9.59 Å². The molecule has 132 valence electrons. The SMILES string of the molecule is CC(=O)NCC(=O)N1CCCC(c2cc(N3CCNCC3)n[nH]2)C1. The average Bonchev–Trinajstić information content (AvgIpc) is 3.11. The van der Waals surface area contributed by atoms with Crippen LogP contribution in [-0.2, 0) is 9.59 Å². The summed E-state index contributed by atoms with van der Waals surface area (Å²) in [5.41, 5.74) is 1.10. The fourth-order valence-corrected chi connectivity index (χ4v) is 3.36. The van der Waals surface area contributed by atoms with Gasteiger partial charge in [0, 0.05) is 63.9 Å². The normalized spacial score (nSPS) is 21.6. The zero-order chi connectivity index (χ0) is 16.9. The summed E-state index contributed by atoms with van der Waals surface area (Å²) in [7, 11) is 0. The van der Waals surface area contributed by atoms with Crippen molar-refractivity contribution in [3.05, 3.63) is 11.8 Å². The minimum absolute atomic E-state index is 0.0169.